The van der Waals surface area contributed by atoms with Gasteiger partial charge in [-0.05, 0) is 65.1 Å². The molecule has 0 bridgehead atoms. The van der Waals surface area contributed by atoms with Crippen molar-refractivity contribution in [1.29, 1.82) is 0 Å². The molecule has 0 spiro atoms. The van der Waals surface area contributed by atoms with Crippen LogP contribution in [-0.2, 0) is 23.6 Å². The Balaban J connectivity index is 1.82. The van der Waals surface area contributed by atoms with Crippen molar-refractivity contribution in [2.24, 2.45) is 0 Å². The van der Waals surface area contributed by atoms with Crippen LogP contribution in [-0.4, -0.2) is 42.5 Å². The van der Waals surface area contributed by atoms with E-state index in [1.807, 2.05) is 52.8 Å². The van der Waals surface area contributed by atoms with Crippen LogP contribution in [0.2, 0.25) is 0 Å². The number of aryl methyl sites for hydroxylation is 1. The molecule has 3 rings (SSSR count). The highest BCUT2D eigenvalue weighted by molar-refractivity contribution is 6.54. The molecule has 0 radical (unpaired) electrons. The monoisotopic (exact) mass is 414 g/mol. The first-order valence-corrected chi connectivity index (χ1v) is 10.5. The maximum atomic E-state index is 12.9. The zero-order chi connectivity index (χ0) is 22.2. The van der Waals surface area contributed by atoms with Crippen molar-refractivity contribution >= 4 is 19.1 Å². The van der Waals surface area contributed by atoms with Gasteiger partial charge in [-0.25, -0.2) is 9.59 Å². The highest BCUT2D eigenvalue weighted by atomic mass is 16.7. The number of hydrogen-bond acceptors (Lipinski definition) is 6. The number of carbonyl (C=O) groups is 2. The van der Waals surface area contributed by atoms with E-state index in [9.17, 15) is 9.59 Å². The van der Waals surface area contributed by atoms with Gasteiger partial charge in [-0.1, -0.05) is 24.3 Å². The van der Waals surface area contributed by atoms with Gasteiger partial charge in [0.2, 0.25) is 5.60 Å². The van der Waals surface area contributed by atoms with Gasteiger partial charge in [-0.3, -0.25) is 0 Å². The van der Waals surface area contributed by atoms with Crippen molar-refractivity contribution in [2.75, 3.05) is 6.61 Å². The molecule has 2 aliphatic rings. The van der Waals surface area contributed by atoms with E-state index in [-0.39, 0.29) is 13.0 Å². The summed E-state index contributed by atoms with van der Waals surface area (Å²) in [5, 5.41) is 0. The number of carbonyl (C=O) groups excluding carboxylic acids is 2. The maximum absolute atomic E-state index is 12.9. The molecule has 0 aromatic heterocycles. The van der Waals surface area contributed by atoms with Crippen LogP contribution in [0.5, 0.6) is 0 Å². The minimum Gasteiger partial charge on any atom is -0.463 e. The molecule has 30 heavy (non-hydrogen) atoms. The molecular weight excluding hydrogens is 383 g/mol. The fourth-order valence-corrected chi connectivity index (χ4v) is 3.67. The summed E-state index contributed by atoms with van der Waals surface area (Å²) in [6.45, 7) is 11.8. The Morgan fingerprint density at radius 3 is 2.27 bits per heavy atom. The number of hydrogen-bond donors (Lipinski definition) is 0. The lowest BCUT2D eigenvalue weighted by molar-refractivity contribution is -0.166. The largest absolute Gasteiger partial charge is 0.490 e. The van der Waals surface area contributed by atoms with Gasteiger partial charge in [0.15, 0.2) is 0 Å². The Morgan fingerprint density at radius 2 is 1.73 bits per heavy atom. The lowest BCUT2D eigenvalue weighted by Crippen LogP contribution is -2.46. The second-order valence-electron chi connectivity index (χ2n) is 8.99. The third kappa shape index (κ3) is 4.19. The van der Waals surface area contributed by atoms with Crippen LogP contribution in [0.25, 0.3) is 0 Å². The predicted molar refractivity (Wildman–Crippen MR) is 114 cm³/mol. The third-order valence-corrected chi connectivity index (χ3v) is 6.37. The van der Waals surface area contributed by atoms with Crippen molar-refractivity contribution in [1.82, 2.24) is 0 Å². The second-order valence-corrected chi connectivity index (χ2v) is 8.99. The molecule has 0 N–H and O–H groups in total. The average Bonchev–Trinajstić information content (AvgIpc) is 2.90. The molecule has 1 aromatic rings. The summed E-state index contributed by atoms with van der Waals surface area (Å²) < 4.78 is 23.3. The van der Waals surface area contributed by atoms with Crippen LogP contribution in [0, 0.1) is 6.92 Å². The molecule has 0 amide bonds. The molecule has 0 unspecified atom stereocenters. The Labute approximate surface area is 179 Å². The smallest absolute Gasteiger partial charge is 0.463 e. The van der Waals surface area contributed by atoms with Gasteiger partial charge in [0.05, 0.1) is 23.4 Å². The van der Waals surface area contributed by atoms with E-state index in [4.69, 9.17) is 18.8 Å². The zero-order valence-corrected chi connectivity index (χ0v) is 18.7. The van der Waals surface area contributed by atoms with Crippen molar-refractivity contribution in [3.05, 3.63) is 46.9 Å². The van der Waals surface area contributed by atoms with Crippen LogP contribution >= 0.6 is 0 Å². The van der Waals surface area contributed by atoms with Crippen molar-refractivity contribution in [3.63, 3.8) is 0 Å². The lowest BCUT2D eigenvalue weighted by atomic mass is 9.69. The molecular formula is C23H31BO6. The maximum Gasteiger partial charge on any atom is 0.490 e. The van der Waals surface area contributed by atoms with Gasteiger partial charge in [0, 0.05) is 12.8 Å². The topological polar surface area (TPSA) is 71.1 Å². The standard InChI is InChI=1S/C23H31BO6/c1-7-27-20(26)23(28-19(25)18-11-9-8-10-16(18)2)14-12-17(13-15-23)24-29-21(3,4)22(5,6)30-24/h8-12H,7,13-15H2,1-6H3/t23-/m0/s1. The summed E-state index contributed by atoms with van der Waals surface area (Å²) >= 11 is 0. The van der Waals surface area contributed by atoms with Crippen LogP contribution in [0.3, 0.4) is 0 Å². The van der Waals surface area contributed by atoms with Crippen LogP contribution < -0.4 is 0 Å². The highest BCUT2D eigenvalue weighted by Crippen LogP contribution is 2.42. The molecule has 1 fully saturated rings. The Bertz CT molecular complexity index is 843. The molecule has 7 heteroatoms. The Morgan fingerprint density at radius 1 is 1.10 bits per heavy atom. The molecule has 6 nitrogen and oxygen atoms in total. The Hall–Kier alpha value is -2.12. The van der Waals surface area contributed by atoms with E-state index in [2.05, 4.69) is 0 Å². The minimum atomic E-state index is -1.34. The summed E-state index contributed by atoms with van der Waals surface area (Å²) in [5.74, 6) is -1.04. The molecule has 1 aromatic carbocycles. The molecule has 162 valence electrons. The van der Waals surface area contributed by atoms with Gasteiger partial charge >= 0.3 is 19.1 Å². The quantitative estimate of drug-likeness (QED) is 0.532. The van der Waals surface area contributed by atoms with Crippen LogP contribution in [0.4, 0.5) is 0 Å². The number of allylic oxidation sites excluding steroid dienone is 1. The number of esters is 2. The van der Waals surface area contributed by atoms with Gasteiger partial charge in [-0.15, -0.1) is 0 Å². The summed E-state index contributed by atoms with van der Waals surface area (Å²) in [6, 6.07) is 7.17. The first-order valence-electron chi connectivity index (χ1n) is 10.5. The molecule has 0 saturated carbocycles. The molecule has 1 aliphatic heterocycles. The number of rotatable bonds is 5. The summed E-state index contributed by atoms with van der Waals surface area (Å²) in [4.78, 5) is 25.7. The Kier molecular flexibility index (Phi) is 6.16. The van der Waals surface area contributed by atoms with Gasteiger partial charge in [-0.2, -0.15) is 0 Å². The number of benzene rings is 1. The van der Waals surface area contributed by atoms with Crippen molar-refractivity contribution in [3.8, 4) is 0 Å². The van der Waals surface area contributed by atoms with E-state index in [1.54, 1.807) is 19.1 Å². The van der Waals surface area contributed by atoms with Crippen LogP contribution in [0.15, 0.2) is 35.8 Å². The summed E-state index contributed by atoms with van der Waals surface area (Å²) in [6.07, 6.45) is 2.95. The minimum absolute atomic E-state index is 0.219. The van der Waals surface area contributed by atoms with E-state index < -0.39 is 35.9 Å². The van der Waals surface area contributed by atoms with Crippen LogP contribution in [0.1, 0.15) is 69.8 Å². The number of ether oxygens (including phenoxy) is 2. The highest BCUT2D eigenvalue weighted by Gasteiger charge is 2.54. The third-order valence-electron chi connectivity index (χ3n) is 6.37. The fraction of sp³-hybridized carbons (Fsp3) is 0.565. The summed E-state index contributed by atoms with van der Waals surface area (Å²) in [5.41, 5.74) is -0.0207. The zero-order valence-electron chi connectivity index (χ0n) is 18.7. The van der Waals surface area contributed by atoms with E-state index in [1.165, 1.54) is 0 Å². The first kappa shape index (κ1) is 22.6. The average molecular weight is 414 g/mol. The van der Waals surface area contributed by atoms with Gasteiger partial charge < -0.3 is 18.8 Å². The normalized spacial score (nSPS) is 24.9. The molecule has 1 heterocycles. The van der Waals surface area contributed by atoms with E-state index in [0.717, 1.165) is 11.0 Å². The van der Waals surface area contributed by atoms with E-state index in [0.29, 0.717) is 18.4 Å². The predicted octanol–water partition coefficient (Wildman–Crippen LogP) is 4.20. The van der Waals surface area contributed by atoms with Crippen molar-refractivity contribution in [2.45, 2.75) is 77.6 Å². The first-order chi connectivity index (χ1) is 14.0. The second kappa shape index (κ2) is 8.19. The lowest BCUT2D eigenvalue weighted by Gasteiger charge is -2.34. The molecule has 1 atom stereocenters. The SMILES string of the molecule is CCOC(=O)[C@]1(OC(=O)c2ccccc2C)CC=C(B2OC(C)(C)C(C)(C)O2)CC1. The van der Waals surface area contributed by atoms with Gasteiger partial charge in [0.25, 0.3) is 0 Å². The molecule has 1 aliphatic carbocycles. The van der Waals surface area contributed by atoms with Gasteiger partial charge in [0.1, 0.15) is 0 Å². The van der Waals surface area contributed by atoms with Crippen molar-refractivity contribution < 1.29 is 28.4 Å². The fourth-order valence-electron chi connectivity index (χ4n) is 3.67. The molecule has 1 saturated heterocycles. The van der Waals surface area contributed by atoms with E-state index >= 15 is 0 Å². The summed E-state index contributed by atoms with van der Waals surface area (Å²) in [7, 11) is -0.470.